The van der Waals surface area contributed by atoms with Crippen molar-refractivity contribution >= 4 is 28.8 Å². The minimum atomic E-state index is -0.218. The van der Waals surface area contributed by atoms with Gasteiger partial charge < -0.3 is 11.1 Å². The lowest BCUT2D eigenvalue weighted by atomic mass is 9.95. The maximum Gasteiger partial charge on any atom is 0.220 e. The van der Waals surface area contributed by atoms with E-state index in [9.17, 15) is 4.79 Å². The van der Waals surface area contributed by atoms with Crippen LogP contribution in [0.25, 0.3) is 0 Å². The molecule has 0 saturated heterocycles. The Labute approximate surface area is 117 Å². The van der Waals surface area contributed by atoms with Crippen LogP contribution in [0.2, 0.25) is 4.34 Å². The van der Waals surface area contributed by atoms with Crippen molar-refractivity contribution < 1.29 is 4.79 Å². The number of carbonyl (C=O) groups excluding carboxylic acids is 1. The number of nitrogens with two attached hydrogens (primary N) is 1. The van der Waals surface area contributed by atoms with Crippen molar-refractivity contribution in [1.29, 1.82) is 0 Å². The fraction of sp³-hybridized carbons (Fsp3) is 0.615. The molecule has 3 N–H and O–H groups in total. The summed E-state index contributed by atoms with van der Waals surface area (Å²) < 4.78 is 0.773. The molecule has 0 aromatic carbocycles. The molecule has 1 aliphatic carbocycles. The Morgan fingerprint density at radius 3 is 2.83 bits per heavy atom. The molecule has 18 heavy (non-hydrogen) atoms. The summed E-state index contributed by atoms with van der Waals surface area (Å²) in [6, 6.07) is 3.84. The number of thiophene rings is 1. The molecule has 1 aromatic heterocycles. The lowest BCUT2D eigenvalue weighted by Gasteiger charge is -2.29. The molecule has 1 heterocycles. The van der Waals surface area contributed by atoms with Gasteiger partial charge in [-0.2, -0.15) is 0 Å². The number of hydrogen-bond donors (Lipinski definition) is 2. The molecule has 2 rings (SSSR count). The molecule has 1 amide bonds. The number of carbonyl (C=O) groups is 1. The highest BCUT2D eigenvalue weighted by molar-refractivity contribution is 7.16. The molecular formula is C13H19ClN2OS. The van der Waals surface area contributed by atoms with Crippen LogP contribution in [-0.4, -0.2) is 18.0 Å². The van der Waals surface area contributed by atoms with Gasteiger partial charge in [-0.3, -0.25) is 4.79 Å². The van der Waals surface area contributed by atoms with Gasteiger partial charge in [0, 0.05) is 17.8 Å². The normalized spacial score (nSPS) is 18.4. The first-order valence-electron chi connectivity index (χ1n) is 6.29. The predicted octanol–water partition coefficient (Wildman–Crippen LogP) is 2.58. The van der Waals surface area contributed by atoms with Crippen LogP contribution in [-0.2, 0) is 11.2 Å². The number of halogens is 1. The van der Waals surface area contributed by atoms with Gasteiger partial charge in [0.2, 0.25) is 5.91 Å². The molecule has 1 fully saturated rings. The topological polar surface area (TPSA) is 55.1 Å². The third-order valence-electron chi connectivity index (χ3n) is 3.55. The lowest BCUT2D eigenvalue weighted by Crippen LogP contribution is -2.53. The van der Waals surface area contributed by atoms with Crippen LogP contribution in [0.3, 0.4) is 0 Å². The minimum absolute atomic E-state index is 0.0828. The predicted molar refractivity (Wildman–Crippen MR) is 76.0 cm³/mol. The van der Waals surface area contributed by atoms with Gasteiger partial charge in [-0.05, 0) is 44.2 Å². The molecule has 0 spiro atoms. The van der Waals surface area contributed by atoms with Crippen LogP contribution >= 0.6 is 22.9 Å². The van der Waals surface area contributed by atoms with Gasteiger partial charge in [0.1, 0.15) is 0 Å². The van der Waals surface area contributed by atoms with E-state index in [0.717, 1.165) is 15.6 Å². The number of nitrogens with one attached hydrogen (secondary N) is 1. The van der Waals surface area contributed by atoms with Gasteiger partial charge in [-0.1, -0.05) is 11.6 Å². The first kappa shape index (κ1) is 13.8. The van der Waals surface area contributed by atoms with E-state index in [1.807, 2.05) is 19.1 Å². The zero-order valence-corrected chi connectivity index (χ0v) is 12.1. The molecule has 3 nitrogen and oxygen atoms in total. The van der Waals surface area contributed by atoms with Gasteiger partial charge in [0.25, 0.3) is 0 Å². The average Bonchev–Trinajstić information content (AvgIpc) is 3.11. The SMILES string of the molecule is CC(CN)(NC(=O)CCc1ccc(Cl)s1)C1CC1. The van der Waals surface area contributed by atoms with E-state index in [4.69, 9.17) is 17.3 Å². The Hall–Kier alpha value is -0.580. The van der Waals surface area contributed by atoms with Crippen LogP contribution in [0.15, 0.2) is 12.1 Å². The van der Waals surface area contributed by atoms with Gasteiger partial charge in [-0.25, -0.2) is 0 Å². The van der Waals surface area contributed by atoms with E-state index in [0.29, 0.717) is 18.9 Å². The number of amides is 1. The molecule has 1 atom stereocenters. The zero-order chi connectivity index (χ0) is 13.2. The summed E-state index contributed by atoms with van der Waals surface area (Å²) in [7, 11) is 0. The number of hydrogen-bond acceptors (Lipinski definition) is 3. The molecule has 1 unspecified atom stereocenters. The molecule has 1 saturated carbocycles. The summed E-state index contributed by atoms with van der Waals surface area (Å²) in [6.07, 6.45) is 3.59. The highest BCUT2D eigenvalue weighted by Gasteiger charge is 2.41. The molecule has 1 aliphatic rings. The second kappa shape index (κ2) is 5.59. The third-order valence-corrected chi connectivity index (χ3v) is 4.85. The van der Waals surface area contributed by atoms with Crippen molar-refractivity contribution in [2.75, 3.05) is 6.54 Å². The number of rotatable bonds is 6. The maximum absolute atomic E-state index is 11.9. The first-order chi connectivity index (χ1) is 8.53. The summed E-state index contributed by atoms with van der Waals surface area (Å²) in [5.41, 5.74) is 5.56. The van der Waals surface area contributed by atoms with Crippen molar-refractivity contribution in [1.82, 2.24) is 5.32 Å². The largest absolute Gasteiger partial charge is 0.349 e. The Morgan fingerprint density at radius 1 is 1.61 bits per heavy atom. The fourth-order valence-corrected chi connectivity index (χ4v) is 3.23. The van der Waals surface area contributed by atoms with Crippen molar-refractivity contribution in [2.24, 2.45) is 11.7 Å². The summed E-state index contributed by atoms with van der Waals surface area (Å²) >= 11 is 7.39. The fourth-order valence-electron chi connectivity index (χ4n) is 2.14. The molecule has 0 aliphatic heterocycles. The van der Waals surface area contributed by atoms with Crippen molar-refractivity contribution in [3.05, 3.63) is 21.3 Å². The van der Waals surface area contributed by atoms with Gasteiger partial charge in [-0.15, -0.1) is 11.3 Å². The molecule has 0 bridgehead atoms. The third kappa shape index (κ3) is 3.46. The molecule has 0 radical (unpaired) electrons. The van der Waals surface area contributed by atoms with Crippen LogP contribution in [0, 0.1) is 5.92 Å². The van der Waals surface area contributed by atoms with Gasteiger partial charge in [0.05, 0.1) is 9.88 Å². The molecular weight excluding hydrogens is 268 g/mol. The standard InChI is InChI=1S/C13H19ClN2OS/c1-13(8-15,9-2-3-9)16-12(17)7-5-10-4-6-11(14)18-10/h4,6,9H,2-3,5,7-8,15H2,1H3,(H,16,17). The van der Waals surface area contributed by atoms with Crippen molar-refractivity contribution in [2.45, 2.75) is 38.1 Å². The Kier molecular flexibility index (Phi) is 4.30. The van der Waals surface area contributed by atoms with Crippen LogP contribution in [0.1, 0.15) is 31.1 Å². The highest BCUT2D eigenvalue weighted by Crippen LogP contribution is 2.39. The summed E-state index contributed by atoms with van der Waals surface area (Å²) in [6.45, 7) is 2.55. The quantitative estimate of drug-likeness (QED) is 0.844. The van der Waals surface area contributed by atoms with E-state index >= 15 is 0 Å². The Balaban J connectivity index is 1.81. The summed E-state index contributed by atoms with van der Waals surface area (Å²) in [4.78, 5) is 13.1. The van der Waals surface area contributed by atoms with Gasteiger partial charge in [0.15, 0.2) is 0 Å². The summed E-state index contributed by atoms with van der Waals surface area (Å²) in [5, 5.41) is 3.09. The van der Waals surface area contributed by atoms with E-state index in [-0.39, 0.29) is 11.4 Å². The monoisotopic (exact) mass is 286 g/mol. The van der Waals surface area contributed by atoms with E-state index in [1.165, 1.54) is 24.2 Å². The Bertz CT molecular complexity index is 430. The summed E-state index contributed by atoms with van der Waals surface area (Å²) in [5.74, 6) is 0.641. The zero-order valence-electron chi connectivity index (χ0n) is 10.5. The Morgan fingerprint density at radius 2 is 2.33 bits per heavy atom. The molecule has 100 valence electrons. The van der Waals surface area contributed by atoms with E-state index in [2.05, 4.69) is 5.32 Å². The average molecular weight is 287 g/mol. The maximum atomic E-state index is 11.9. The van der Waals surface area contributed by atoms with Crippen molar-refractivity contribution in [3.63, 3.8) is 0 Å². The first-order valence-corrected chi connectivity index (χ1v) is 7.48. The lowest BCUT2D eigenvalue weighted by molar-refractivity contribution is -0.123. The van der Waals surface area contributed by atoms with Crippen LogP contribution in [0.4, 0.5) is 0 Å². The smallest absolute Gasteiger partial charge is 0.220 e. The van der Waals surface area contributed by atoms with Crippen LogP contribution in [0.5, 0.6) is 0 Å². The van der Waals surface area contributed by atoms with E-state index < -0.39 is 0 Å². The molecule has 1 aromatic rings. The molecule has 5 heteroatoms. The van der Waals surface area contributed by atoms with E-state index in [1.54, 1.807) is 0 Å². The second-order valence-corrected chi connectivity index (χ2v) is 6.95. The second-order valence-electron chi connectivity index (χ2n) is 5.15. The number of aryl methyl sites for hydroxylation is 1. The van der Waals surface area contributed by atoms with Crippen molar-refractivity contribution in [3.8, 4) is 0 Å². The minimum Gasteiger partial charge on any atom is -0.349 e. The van der Waals surface area contributed by atoms with Gasteiger partial charge >= 0.3 is 0 Å². The van der Waals surface area contributed by atoms with Crippen LogP contribution < -0.4 is 11.1 Å². The highest BCUT2D eigenvalue weighted by atomic mass is 35.5.